The van der Waals surface area contributed by atoms with Crippen molar-refractivity contribution >= 4 is 6.03 Å². The minimum atomic E-state index is -0.350. The first-order valence-corrected chi connectivity index (χ1v) is 5.23. The second-order valence-corrected chi connectivity index (χ2v) is 3.75. The van der Waals surface area contributed by atoms with Crippen molar-refractivity contribution in [2.24, 2.45) is 5.73 Å². The van der Waals surface area contributed by atoms with Crippen molar-refractivity contribution < 1.29 is 4.79 Å². The molecule has 0 unspecified atom stereocenters. The van der Waals surface area contributed by atoms with E-state index in [9.17, 15) is 4.79 Å². The maximum absolute atomic E-state index is 11.1. The summed E-state index contributed by atoms with van der Waals surface area (Å²) in [5, 5.41) is 0. The number of aryl methyl sites for hydroxylation is 1. The van der Waals surface area contributed by atoms with Crippen molar-refractivity contribution in [2.75, 3.05) is 6.54 Å². The number of hydrogen-bond donors (Lipinski definition) is 1. The fourth-order valence-electron chi connectivity index (χ4n) is 1.45. The van der Waals surface area contributed by atoms with Gasteiger partial charge >= 0.3 is 6.03 Å². The number of urea groups is 1. The Labute approximate surface area is 90.9 Å². The van der Waals surface area contributed by atoms with Gasteiger partial charge in [-0.2, -0.15) is 0 Å². The van der Waals surface area contributed by atoms with E-state index in [1.54, 1.807) is 4.90 Å². The number of carbonyl (C=O) groups excluding carboxylic acids is 1. The van der Waals surface area contributed by atoms with Gasteiger partial charge in [0.25, 0.3) is 0 Å². The molecule has 0 aliphatic carbocycles. The van der Waals surface area contributed by atoms with Crippen molar-refractivity contribution in [3.05, 3.63) is 35.4 Å². The predicted molar refractivity (Wildman–Crippen MR) is 61.5 cm³/mol. The molecule has 0 aromatic heterocycles. The zero-order valence-corrected chi connectivity index (χ0v) is 9.36. The molecule has 0 bridgehead atoms. The molecule has 15 heavy (non-hydrogen) atoms. The number of benzene rings is 1. The summed E-state index contributed by atoms with van der Waals surface area (Å²) < 4.78 is 0. The summed E-state index contributed by atoms with van der Waals surface area (Å²) in [5.41, 5.74) is 7.63. The molecule has 0 aliphatic rings. The van der Waals surface area contributed by atoms with Crippen LogP contribution in [-0.4, -0.2) is 17.5 Å². The van der Waals surface area contributed by atoms with Gasteiger partial charge in [0.05, 0.1) is 0 Å². The van der Waals surface area contributed by atoms with Gasteiger partial charge in [-0.05, 0) is 18.9 Å². The highest BCUT2D eigenvalue weighted by Crippen LogP contribution is 2.07. The molecular weight excluding hydrogens is 188 g/mol. The Kier molecular flexibility index (Phi) is 4.16. The topological polar surface area (TPSA) is 46.3 Å². The second kappa shape index (κ2) is 5.39. The van der Waals surface area contributed by atoms with E-state index in [0.29, 0.717) is 13.1 Å². The van der Waals surface area contributed by atoms with Crippen LogP contribution in [0, 0.1) is 6.92 Å². The molecule has 82 valence electrons. The molecule has 0 atom stereocenters. The van der Waals surface area contributed by atoms with Gasteiger partial charge in [-0.1, -0.05) is 36.8 Å². The van der Waals surface area contributed by atoms with Gasteiger partial charge in [0.2, 0.25) is 0 Å². The van der Waals surface area contributed by atoms with Crippen LogP contribution in [0.15, 0.2) is 24.3 Å². The maximum atomic E-state index is 11.1. The Morgan fingerprint density at radius 3 is 2.40 bits per heavy atom. The third-order valence-corrected chi connectivity index (χ3v) is 2.30. The average molecular weight is 206 g/mol. The zero-order valence-electron chi connectivity index (χ0n) is 9.36. The van der Waals surface area contributed by atoms with Crippen molar-refractivity contribution in [1.29, 1.82) is 0 Å². The van der Waals surface area contributed by atoms with Gasteiger partial charge in [-0.25, -0.2) is 4.79 Å². The molecule has 1 aromatic carbocycles. The van der Waals surface area contributed by atoms with E-state index in [4.69, 9.17) is 5.73 Å². The normalized spacial score (nSPS) is 10.0. The summed E-state index contributed by atoms with van der Waals surface area (Å²) in [6.07, 6.45) is 0.925. The first kappa shape index (κ1) is 11.6. The molecule has 3 nitrogen and oxygen atoms in total. The molecule has 2 N–H and O–H groups in total. The van der Waals surface area contributed by atoms with Gasteiger partial charge in [0, 0.05) is 13.1 Å². The van der Waals surface area contributed by atoms with E-state index in [1.807, 2.05) is 38.1 Å². The average Bonchev–Trinajstić information content (AvgIpc) is 2.20. The fraction of sp³-hybridized carbons (Fsp3) is 0.417. The lowest BCUT2D eigenvalue weighted by Crippen LogP contribution is -2.35. The summed E-state index contributed by atoms with van der Waals surface area (Å²) >= 11 is 0. The minimum absolute atomic E-state index is 0.350. The predicted octanol–water partition coefficient (Wildman–Crippen LogP) is 2.29. The highest BCUT2D eigenvalue weighted by Gasteiger charge is 2.08. The number of rotatable bonds is 4. The van der Waals surface area contributed by atoms with Crippen molar-refractivity contribution in [3.8, 4) is 0 Å². The Morgan fingerprint density at radius 1 is 1.33 bits per heavy atom. The van der Waals surface area contributed by atoms with Crippen molar-refractivity contribution in [2.45, 2.75) is 26.8 Å². The quantitative estimate of drug-likeness (QED) is 0.807. The maximum Gasteiger partial charge on any atom is 0.315 e. The molecule has 0 aliphatic heterocycles. The molecule has 0 radical (unpaired) electrons. The van der Waals surface area contributed by atoms with E-state index in [2.05, 4.69) is 0 Å². The van der Waals surface area contributed by atoms with Crippen molar-refractivity contribution in [3.63, 3.8) is 0 Å². The Morgan fingerprint density at radius 2 is 1.93 bits per heavy atom. The standard InChI is InChI=1S/C12H18N2O/c1-3-8-14(12(13)15)9-11-6-4-10(2)5-7-11/h4-7H,3,8-9H2,1-2H3,(H2,13,15). The van der Waals surface area contributed by atoms with Gasteiger partial charge in [-0.3, -0.25) is 0 Å². The molecule has 0 spiro atoms. The Hall–Kier alpha value is -1.51. The Bertz CT molecular complexity index is 319. The molecule has 0 heterocycles. The van der Waals surface area contributed by atoms with Gasteiger partial charge in [0.1, 0.15) is 0 Å². The highest BCUT2D eigenvalue weighted by atomic mass is 16.2. The SMILES string of the molecule is CCCN(Cc1ccc(C)cc1)C(N)=O. The van der Waals surface area contributed by atoms with Crippen molar-refractivity contribution in [1.82, 2.24) is 4.90 Å². The smallest absolute Gasteiger partial charge is 0.315 e. The number of hydrogen-bond acceptors (Lipinski definition) is 1. The number of carbonyl (C=O) groups is 1. The summed E-state index contributed by atoms with van der Waals surface area (Å²) in [7, 11) is 0. The largest absolute Gasteiger partial charge is 0.351 e. The summed E-state index contributed by atoms with van der Waals surface area (Å²) in [6, 6.07) is 7.79. The molecule has 1 rings (SSSR count). The lowest BCUT2D eigenvalue weighted by molar-refractivity contribution is 0.205. The minimum Gasteiger partial charge on any atom is -0.351 e. The van der Waals surface area contributed by atoms with Crippen LogP contribution in [0.25, 0.3) is 0 Å². The third-order valence-electron chi connectivity index (χ3n) is 2.30. The Balaban J connectivity index is 2.65. The number of primary amides is 1. The molecule has 2 amide bonds. The summed E-state index contributed by atoms with van der Waals surface area (Å²) in [6.45, 7) is 5.39. The van der Waals surface area contributed by atoms with Gasteiger partial charge in [-0.15, -0.1) is 0 Å². The first-order chi connectivity index (χ1) is 7.13. The van der Waals surface area contributed by atoms with E-state index in [1.165, 1.54) is 5.56 Å². The first-order valence-electron chi connectivity index (χ1n) is 5.23. The monoisotopic (exact) mass is 206 g/mol. The number of nitrogens with zero attached hydrogens (tertiary/aromatic N) is 1. The fourth-order valence-corrected chi connectivity index (χ4v) is 1.45. The van der Waals surface area contributed by atoms with Gasteiger partial charge in [0.15, 0.2) is 0 Å². The third kappa shape index (κ3) is 3.62. The van der Waals surface area contributed by atoms with Crippen LogP contribution >= 0.6 is 0 Å². The number of amides is 2. The van der Waals surface area contributed by atoms with E-state index < -0.39 is 0 Å². The second-order valence-electron chi connectivity index (χ2n) is 3.75. The molecule has 3 heteroatoms. The highest BCUT2D eigenvalue weighted by molar-refractivity contribution is 5.71. The molecule has 0 saturated heterocycles. The van der Waals surface area contributed by atoms with E-state index in [0.717, 1.165) is 12.0 Å². The van der Waals surface area contributed by atoms with Crippen LogP contribution < -0.4 is 5.73 Å². The van der Waals surface area contributed by atoms with Gasteiger partial charge < -0.3 is 10.6 Å². The summed E-state index contributed by atoms with van der Waals surface area (Å²) in [5.74, 6) is 0. The van der Waals surface area contributed by atoms with Crippen LogP contribution in [0.2, 0.25) is 0 Å². The van der Waals surface area contributed by atoms with E-state index in [-0.39, 0.29) is 6.03 Å². The molecule has 0 saturated carbocycles. The van der Waals surface area contributed by atoms with Crippen LogP contribution in [0.3, 0.4) is 0 Å². The molecule has 1 aromatic rings. The molecule has 0 fully saturated rings. The van der Waals surface area contributed by atoms with Crippen LogP contribution in [-0.2, 0) is 6.54 Å². The summed E-state index contributed by atoms with van der Waals surface area (Å²) in [4.78, 5) is 12.8. The lowest BCUT2D eigenvalue weighted by Gasteiger charge is -2.19. The van der Waals surface area contributed by atoms with E-state index >= 15 is 0 Å². The molecular formula is C12H18N2O. The lowest BCUT2D eigenvalue weighted by atomic mass is 10.1. The van der Waals surface area contributed by atoms with Crippen LogP contribution in [0.4, 0.5) is 4.79 Å². The van der Waals surface area contributed by atoms with Crippen LogP contribution in [0.5, 0.6) is 0 Å². The van der Waals surface area contributed by atoms with Crippen LogP contribution in [0.1, 0.15) is 24.5 Å². The zero-order chi connectivity index (χ0) is 11.3. The number of nitrogens with two attached hydrogens (primary N) is 1.